The number of hydrogen-bond acceptors (Lipinski definition) is 4. The summed E-state index contributed by atoms with van der Waals surface area (Å²) in [5, 5.41) is 8.43. The minimum absolute atomic E-state index is 0.127. The van der Waals surface area contributed by atoms with Crippen molar-refractivity contribution in [3.8, 4) is 5.75 Å². The first-order valence-corrected chi connectivity index (χ1v) is 10.2. The Hall–Kier alpha value is -3.02. The van der Waals surface area contributed by atoms with Crippen LogP contribution in [0.3, 0.4) is 0 Å². The van der Waals surface area contributed by atoms with Gasteiger partial charge in [0.1, 0.15) is 5.75 Å². The molecule has 6 nitrogen and oxygen atoms in total. The number of nitrogens with one attached hydrogen (secondary N) is 3. The summed E-state index contributed by atoms with van der Waals surface area (Å²) in [5.74, 6) is 0.454. The maximum Gasteiger partial charge on any atom is 0.251 e. The van der Waals surface area contributed by atoms with Crippen LogP contribution in [0.1, 0.15) is 49.4 Å². The maximum atomic E-state index is 12.2. The van der Waals surface area contributed by atoms with E-state index in [1.807, 2.05) is 24.3 Å². The third kappa shape index (κ3) is 8.25. The highest BCUT2D eigenvalue weighted by molar-refractivity contribution is 5.98. The van der Waals surface area contributed by atoms with Gasteiger partial charge in [0.05, 0.1) is 13.2 Å². The minimum atomic E-state index is -0.192. The van der Waals surface area contributed by atoms with Gasteiger partial charge in [-0.1, -0.05) is 38.7 Å². The van der Waals surface area contributed by atoms with E-state index in [0.29, 0.717) is 11.3 Å². The molecule has 2 amide bonds. The molecule has 2 aromatic carbocycles. The molecule has 2 aromatic rings. The van der Waals surface area contributed by atoms with E-state index < -0.39 is 0 Å². The van der Waals surface area contributed by atoms with Crippen LogP contribution in [-0.2, 0) is 4.79 Å². The smallest absolute Gasteiger partial charge is 0.251 e. The van der Waals surface area contributed by atoms with Gasteiger partial charge in [-0.05, 0) is 48.9 Å². The van der Waals surface area contributed by atoms with Gasteiger partial charge >= 0.3 is 0 Å². The van der Waals surface area contributed by atoms with Gasteiger partial charge in [-0.25, -0.2) is 0 Å². The van der Waals surface area contributed by atoms with Crippen LogP contribution in [0.4, 0.5) is 11.4 Å². The molecule has 0 radical (unpaired) electrons. The molecule has 2 rings (SSSR count). The highest BCUT2D eigenvalue weighted by Gasteiger charge is 2.06. The number of amides is 2. The Kier molecular flexibility index (Phi) is 9.55. The zero-order valence-electron chi connectivity index (χ0n) is 17.3. The van der Waals surface area contributed by atoms with E-state index in [2.05, 4.69) is 22.9 Å². The predicted molar refractivity (Wildman–Crippen MR) is 118 cm³/mol. The van der Waals surface area contributed by atoms with Crippen LogP contribution in [0, 0.1) is 0 Å². The number of carbonyl (C=O) groups is 2. The molecule has 0 aromatic heterocycles. The molecule has 0 aliphatic rings. The van der Waals surface area contributed by atoms with Gasteiger partial charge < -0.3 is 20.7 Å². The van der Waals surface area contributed by atoms with E-state index in [9.17, 15) is 9.59 Å². The molecule has 29 heavy (non-hydrogen) atoms. The van der Waals surface area contributed by atoms with E-state index in [4.69, 9.17) is 4.74 Å². The topological polar surface area (TPSA) is 79.5 Å². The Bertz CT molecular complexity index is 775. The van der Waals surface area contributed by atoms with Crippen molar-refractivity contribution in [2.24, 2.45) is 0 Å². The molecule has 0 bridgehead atoms. The number of anilines is 2. The fraction of sp³-hybridized carbons (Fsp3) is 0.391. The van der Waals surface area contributed by atoms with Gasteiger partial charge in [0.15, 0.2) is 0 Å². The van der Waals surface area contributed by atoms with Crippen molar-refractivity contribution in [2.45, 2.75) is 39.0 Å². The lowest BCUT2D eigenvalue weighted by Crippen LogP contribution is -2.22. The van der Waals surface area contributed by atoms with Crippen LogP contribution in [-0.4, -0.2) is 32.0 Å². The molecular weight excluding hydrogens is 366 g/mol. The van der Waals surface area contributed by atoms with Crippen molar-refractivity contribution in [1.29, 1.82) is 0 Å². The van der Waals surface area contributed by atoms with Crippen LogP contribution in [0.15, 0.2) is 48.5 Å². The second-order valence-corrected chi connectivity index (χ2v) is 6.85. The van der Waals surface area contributed by atoms with Gasteiger partial charge in [-0.15, -0.1) is 0 Å². The second kappa shape index (κ2) is 12.4. The molecule has 0 aliphatic heterocycles. The highest BCUT2D eigenvalue weighted by atomic mass is 16.5. The third-order valence-electron chi connectivity index (χ3n) is 4.46. The third-order valence-corrected chi connectivity index (χ3v) is 4.46. The van der Waals surface area contributed by atoms with E-state index in [0.717, 1.165) is 24.5 Å². The van der Waals surface area contributed by atoms with E-state index in [1.165, 1.54) is 25.7 Å². The average molecular weight is 398 g/mol. The van der Waals surface area contributed by atoms with E-state index in [-0.39, 0.29) is 18.4 Å². The molecule has 156 valence electrons. The van der Waals surface area contributed by atoms with Crippen molar-refractivity contribution >= 4 is 23.2 Å². The van der Waals surface area contributed by atoms with Gasteiger partial charge in [0, 0.05) is 24.0 Å². The zero-order valence-corrected chi connectivity index (χ0v) is 17.3. The summed E-state index contributed by atoms with van der Waals surface area (Å²) in [6.07, 6.45) is 6.07. The Labute approximate surface area is 173 Å². The standard InChI is InChI=1S/C23H31N3O3/c1-3-4-5-6-7-15-29-21-13-11-19(12-14-21)25-17-22(27)26-20-10-8-9-18(16-20)23(28)24-2/h8-14,16,25H,3-7,15,17H2,1-2H3,(H,24,28)(H,26,27). The summed E-state index contributed by atoms with van der Waals surface area (Å²) in [4.78, 5) is 23.8. The zero-order chi connectivity index (χ0) is 20.9. The number of rotatable bonds is 12. The highest BCUT2D eigenvalue weighted by Crippen LogP contribution is 2.16. The molecule has 0 unspecified atom stereocenters. The van der Waals surface area contributed by atoms with Gasteiger partial charge in [0.2, 0.25) is 5.91 Å². The first kappa shape index (κ1) is 22.3. The Balaban J connectivity index is 1.72. The van der Waals surface area contributed by atoms with Crippen molar-refractivity contribution in [3.63, 3.8) is 0 Å². The molecule has 0 heterocycles. The van der Waals surface area contributed by atoms with Crippen LogP contribution in [0.5, 0.6) is 5.75 Å². The van der Waals surface area contributed by atoms with Crippen molar-refractivity contribution in [2.75, 3.05) is 30.8 Å². The number of unbranched alkanes of at least 4 members (excludes halogenated alkanes) is 4. The lowest BCUT2D eigenvalue weighted by atomic mass is 10.2. The summed E-state index contributed by atoms with van der Waals surface area (Å²) in [6, 6.07) is 14.4. The molecule has 0 fully saturated rings. The van der Waals surface area contributed by atoms with Crippen molar-refractivity contribution in [1.82, 2.24) is 5.32 Å². The van der Waals surface area contributed by atoms with Crippen LogP contribution < -0.4 is 20.7 Å². The quantitative estimate of drug-likeness (QED) is 0.463. The van der Waals surface area contributed by atoms with Crippen LogP contribution in [0.2, 0.25) is 0 Å². The number of ether oxygens (including phenoxy) is 1. The van der Waals surface area contributed by atoms with Crippen molar-refractivity contribution < 1.29 is 14.3 Å². The molecule has 0 saturated carbocycles. The van der Waals surface area contributed by atoms with Gasteiger partial charge in [-0.3, -0.25) is 9.59 Å². The summed E-state index contributed by atoms with van der Waals surface area (Å²) in [6.45, 7) is 3.07. The fourth-order valence-corrected chi connectivity index (χ4v) is 2.83. The largest absolute Gasteiger partial charge is 0.494 e. The van der Waals surface area contributed by atoms with Gasteiger partial charge in [0.25, 0.3) is 5.91 Å². The average Bonchev–Trinajstić information content (AvgIpc) is 2.75. The van der Waals surface area contributed by atoms with Crippen LogP contribution in [0.25, 0.3) is 0 Å². The van der Waals surface area contributed by atoms with E-state index in [1.54, 1.807) is 31.3 Å². The summed E-state index contributed by atoms with van der Waals surface area (Å²) in [7, 11) is 1.57. The second-order valence-electron chi connectivity index (χ2n) is 6.85. The number of hydrogen-bond donors (Lipinski definition) is 3. The van der Waals surface area contributed by atoms with Crippen molar-refractivity contribution in [3.05, 3.63) is 54.1 Å². The predicted octanol–water partition coefficient (Wildman–Crippen LogP) is 4.45. The summed E-state index contributed by atoms with van der Waals surface area (Å²) >= 11 is 0. The monoisotopic (exact) mass is 397 g/mol. The Morgan fingerprint density at radius 2 is 1.69 bits per heavy atom. The summed E-state index contributed by atoms with van der Waals surface area (Å²) < 4.78 is 5.75. The molecule has 6 heteroatoms. The lowest BCUT2D eigenvalue weighted by molar-refractivity contribution is -0.114. The molecule has 0 spiro atoms. The number of benzene rings is 2. The molecular formula is C23H31N3O3. The Morgan fingerprint density at radius 3 is 2.41 bits per heavy atom. The van der Waals surface area contributed by atoms with Gasteiger partial charge in [-0.2, -0.15) is 0 Å². The molecule has 0 atom stereocenters. The van der Waals surface area contributed by atoms with Crippen LogP contribution >= 0.6 is 0 Å². The lowest BCUT2D eigenvalue weighted by Gasteiger charge is -2.10. The first-order chi connectivity index (χ1) is 14.1. The van der Waals surface area contributed by atoms with E-state index >= 15 is 0 Å². The first-order valence-electron chi connectivity index (χ1n) is 10.2. The normalized spacial score (nSPS) is 10.3. The minimum Gasteiger partial charge on any atom is -0.494 e. The Morgan fingerprint density at radius 1 is 0.931 bits per heavy atom. The fourth-order valence-electron chi connectivity index (χ4n) is 2.83. The SMILES string of the molecule is CCCCCCCOc1ccc(NCC(=O)Nc2cccc(C(=O)NC)c2)cc1. The number of carbonyl (C=O) groups excluding carboxylic acids is 2. The molecule has 0 saturated heterocycles. The molecule has 3 N–H and O–H groups in total. The summed E-state index contributed by atoms with van der Waals surface area (Å²) in [5.41, 5.74) is 1.93. The maximum absolute atomic E-state index is 12.2. The molecule has 0 aliphatic carbocycles.